The van der Waals surface area contributed by atoms with Gasteiger partial charge in [-0.2, -0.15) is 18.3 Å². The molecule has 0 radical (unpaired) electrons. The Balaban J connectivity index is 1.57. The van der Waals surface area contributed by atoms with Gasteiger partial charge in [0.25, 0.3) is 0 Å². The van der Waals surface area contributed by atoms with Crippen molar-refractivity contribution in [2.24, 2.45) is 0 Å². The molecule has 2 aromatic rings. The molecule has 3 heterocycles. The molecule has 1 aliphatic rings. The molecule has 2 aromatic heterocycles. The van der Waals surface area contributed by atoms with Crippen LogP contribution < -0.4 is 0 Å². The lowest BCUT2D eigenvalue weighted by Crippen LogP contribution is -2.34. The van der Waals surface area contributed by atoms with Gasteiger partial charge < -0.3 is 0 Å². The second-order valence-electron chi connectivity index (χ2n) is 5.15. The summed E-state index contributed by atoms with van der Waals surface area (Å²) in [4.78, 5) is 7.57. The second-order valence-corrected chi connectivity index (χ2v) is 6.12. The molecule has 0 bridgehead atoms. The van der Waals surface area contributed by atoms with Crippen LogP contribution in [0.1, 0.15) is 29.5 Å². The Kier molecular flexibility index (Phi) is 3.99. The van der Waals surface area contributed by atoms with E-state index in [0.717, 1.165) is 38.5 Å². The fourth-order valence-corrected chi connectivity index (χ4v) is 3.21. The highest BCUT2D eigenvalue weighted by Gasteiger charge is 2.34. The Morgan fingerprint density at radius 2 is 2.05 bits per heavy atom. The summed E-state index contributed by atoms with van der Waals surface area (Å²) in [7, 11) is 0. The van der Waals surface area contributed by atoms with E-state index in [-0.39, 0.29) is 6.04 Å². The van der Waals surface area contributed by atoms with Crippen LogP contribution in [0.15, 0.2) is 24.0 Å². The molecule has 0 N–H and O–H groups in total. The van der Waals surface area contributed by atoms with Crippen molar-refractivity contribution in [3.05, 3.63) is 34.5 Å². The SMILES string of the molecule is FC(F)(F)c1ccn(C2CCN(Cc3cncs3)CC2)n1. The largest absolute Gasteiger partial charge is 0.435 e. The van der Waals surface area contributed by atoms with Crippen LogP contribution >= 0.6 is 11.3 Å². The number of piperidine rings is 1. The van der Waals surface area contributed by atoms with Crippen LogP contribution in [0.25, 0.3) is 0 Å². The first-order valence-electron chi connectivity index (χ1n) is 6.74. The van der Waals surface area contributed by atoms with Crippen LogP contribution in [0.5, 0.6) is 0 Å². The topological polar surface area (TPSA) is 34.0 Å². The molecule has 8 heteroatoms. The van der Waals surface area contributed by atoms with E-state index in [4.69, 9.17) is 0 Å². The molecule has 0 atom stereocenters. The van der Waals surface area contributed by atoms with Crippen molar-refractivity contribution >= 4 is 11.3 Å². The predicted octanol–water partition coefficient (Wildman–Crippen LogP) is 3.20. The van der Waals surface area contributed by atoms with E-state index in [9.17, 15) is 13.2 Å². The third-order valence-corrected chi connectivity index (χ3v) is 4.46. The Bertz CT molecular complexity index is 571. The summed E-state index contributed by atoms with van der Waals surface area (Å²) < 4.78 is 39.1. The summed E-state index contributed by atoms with van der Waals surface area (Å²) in [5.74, 6) is 0. The average molecular weight is 316 g/mol. The Morgan fingerprint density at radius 3 is 2.62 bits per heavy atom. The van der Waals surface area contributed by atoms with E-state index in [2.05, 4.69) is 15.0 Å². The lowest BCUT2D eigenvalue weighted by molar-refractivity contribution is -0.141. The van der Waals surface area contributed by atoms with Crippen LogP contribution in [0.3, 0.4) is 0 Å². The second kappa shape index (κ2) is 5.76. The number of aromatic nitrogens is 3. The van der Waals surface area contributed by atoms with Gasteiger partial charge in [0.1, 0.15) is 0 Å². The monoisotopic (exact) mass is 316 g/mol. The fraction of sp³-hybridized carbons (Fsp3) is 0.538. The van der Waals surface area contributed by atoms with Crippen LogP contribution in [-0.2, 0) is 12.7 Å². The number of likely N-dealkylation sites (tertiary alicyclic amines) is 1. The third-order valence-electron chi connectivity index (χ3n) is 3.69. The van der Waals surface area contributed by atoms with Crippen LogP contribution in [0.2, 0.25) is 0 Å². The number of alkyl halides is 3. The van der Waals surface area contributed by atoms with E-state index in [1.165, 1.54) is 15.8 Å². The lowest BCUT2D eigenvalue weighted by Gasteiger charge is -2.31. The van der Waals surface area contributed by atoms with Gasteiger partial charge in [-0.25, -0.2) is 0 Å². The van der Waals surface area contributed by atoms with Crippen LogP contribution in [0, 0.1) is 0 Å². The molecule has 1 fully saturated rings. The maximum absolute atomic E-state index is 12.6. The zero-order chi connectivity index (χ0) is 14.9. The molecular weight excluding hydrogens is 301 g/mol. The van der Waals surface area contributed by atoms with Crippen molar-refractivity contribution in [2.45, 2.75) is 31.6 Å². The molecule has 3 rings (SSSR count). The minimum Gasteiger partial charge on any atom is -0.298 e. The number of thiazole rings is 1. The van der Waals surface area contributed by atoms with Crippen LogP contribution in [0.4, 0.5) is 13.2 Å². The zero-order valence-electron chi connectivity index (χ0n) is 11.3. The fourth-order valence-electron chi connectivity index (χ4n) is 2.58. The van der Waals surface area contributed by atoms with Crippen molar-refractivity contribution in [1.82, 2.24) is 19.7 Å². The Labute approximate surface area is 124 Å². The van der Waals surface area contributed by atoms with Gasteiger partial charge in [0.15, 0.2) is 5.69 Å². The number of rotatable bonds is 3. The molecule has 1 saturated heterocycles. The summed E-state index contributed by atoms with van der Waals surface area (Å²) in [6.45, 7) is 2.60. The van der Waals surface area contributed by atoms with Crippen molar-refractivity contribution in [1.29, 1.82) is 0 Å². The Morgan fingerprint density at radius 1 is 1.29 bits per heavy atom. The highest BCUT2D eigenvalue weighted by atomic mass is 32.1. The standard InChI is InChI=1S/C13H15F3N4S/c14-13(15,16)12-3-6-20(18-12)10-1-4-19(5-2-10)8-11-7-17-9-21-11/h3,6-7,9-10H,1-2,4-5,8H2. The average Bonchev–Trinajstić information content (AvgIpc) is 3.09. The number of halogens is 3. The maximum atomic E-state index is 12.6. The van der Waals surface area contributed by atoms with Crippen molar-refractivity contribution in [2.75, 3.05) is 13.1 Å². The molecule has 0 spiro atoms. The number of hydrogen-bond donors (Lipinski definition) is 0. The summed E-state index contributed by atoms with van der Waals surface area (Å²) in [5.41, 5.74) is 0.999. The van der Waals surface area contributed by atoms with Gasteiger partial charge in [-0.15, -0.1) is 11.3 Å². The van der Waals surface area contributed by atoms with E-state index in [0.29, 0.717) is 0 Å². The van der Waals surface area contributed by atoms with Crippen LogP contribution in [-0.4, -0.2) is 32.8 Å². The first kappa shape index (κ1) is 14.5. The summed E-state index contributed by atoms with van der Waals surface area (Å²) in [6, 6.07) is 1.10. The molecule has 114 valence electrons. The molecule has 1 aliphatic heterocycles. The van der Waals surface area contributed by atoms with Gasteiger partial charge >= 0.3 is 6.18 Å². The number of nitrogens with zero attached hydrogens (tertiary/aromatic N) is 4. The zero-order valence-corrected chi connectivity index (χ0v) is 12.1. The molecule has 0 aliphatic carbocycles. The highest BCUT2D eigenvalue weighted by molar-refractivity contribution is 7.09. The van der Waals surface area contributed by atoms with Gasteiger partial charge in [0.2, 0.25) is 0 Å². The molecule has 4 nitrogen and oxygen atoms in total. The molecule has 0 saturated carbocycles. The third kappa shape index (κ3) is 3.44. The quantitative estimate of drug-likeness (QED) is 0.872. The van der Waals surface area contributed by atoms with Crippen molar-refractivity contribution < 1.29 is 13.2 Å². The highest BCUT2D eigenvalue weighted by Crippen LogP contribution is 2.29. The first-order chi connectivity index (χ1) is 10.0. The van der Waals surface area contributed by atoms with Gasteiger partial charge in [-0.3, -0.25) is 14.6 Å². The maximum Gasteiger partial charge on any atom is 0.435 e. The molecule has 21 heavy (non-hydrogen) atoms. The predicted molar refractivity (Wildman–Crippen MR) is 72.9 cm³/mol. The number of hydrogen-bond acceptors (Lipinski definition) is 4. The molecule has 0 unspecified atom stereocenters. The summed E-state index contributed by atoms with van der Waals surface area (Å²) >= 11 is 1.62. The van der Waals surface area contributed by atoms with Gasteiger partial charge in [0, 0.05) is 36.9 Å². The van der Waals surface area contributed by atoms with Crippen molar-refractivity contribution in [3.8, 4) is 0 Å². The normalized spacial score (nSPS) is 18.2. The smallest absolute Gasteiger partial charge is 0.298 e. The van der Waals surface area contributed by atoms with E-state index < -0.39 is 11.9 Å². The van der Waals surface area contributed by atoms with Gasteiger partial charge in [-0.1, -0.05) is 0 Å². The molecular formula is C13H15F3N4S. The van der Waals surface area contributed by atoms with E-state index >= 15 is 0 Å². The first-order valence-corrected chi connectivity index (χ1v) is 7.62. The molecule has 0 aromatic carbocycles. The minimum absolute atomic E-state index is 0.0545. The lowest BCUT2D eigenvalue weighted by atomic mass is 10.1. The summed E-state index contributed by atoms with van der Waals surface area (Å²) in [6.07, 6.45) is 0.569. The minimum atomic E-state index is -4.36. The molecule has 0 amide bonds. The Hall–Kier alpha value is -1.41. The van der Waals surface area contributed by atoms with Gasteiger partial charge in [0.05, 0.1) is 11.6 Å². The van der Waals surface area contributed by atoms with Gasteiger partial charge in [-0.05, 0) is 18.9 Å². The summed E-state index contributed by atoms with van der Waals surface area (Å²) in [5, 5.41) is 3.67. The van der Waals surface area contributed by atoms with Crippen molar-refractivity contribution in [3.63, 3.8) is 0 Å². The van der Waals surface area contributed by atoms with E-state index in [1.807, 2.05) is 11.7 Å². The van der Waals surface area contributed by atoms with E-state index in [1.54, 1.807) is 11.3 Å².